The smallest absolute Gasteiger partial charge is 0.369 e. The van der Waals surface area contributed by atoms with Gasteiger partial charge in [0.1, 0.15) is 11.5 Å². The summed E-state index contributed by atoms with van der Waals surface area (Å²) in [6, 6.07) is 7.26. The molecule has 0 bridgehead atoms. The molecule has 0 unspecified atom stereocenters. The topological polar surface area (TPSA) is 79.5 Å². The summed E-state index contributed by atoms with van der Waals surface area (Å²) in [6.07, 6.45) is 0. The van der Waals surface area contributed by atoms with Gasteiger partial charge in [-0.3, -0.25) is 0 Å². The molecule has 27 heavy (non-hydrogen) atoms. The zero-order chi connectivity index (χ0) is 19.1. The molecule has 0 radical (unpaired) electrons. The second-order valence-electron chi connectivity index (χ2n) is 5.88. The summed E-state index contributed by atoms with van der Waals surface area (Å²) in [5.74, 6) is 2.50. The van der Waals surface area contributed by atoms with Crippen molar-refractivity contribution in [1.82, 2.24) is 15.0 Å². The first kappa shape index (κ1) is 17.0. The van der Waals surface area contributed by atoms with Crippen molar-refractivity contribution in [3.05, 3.63) is 24.3 Å². The van der Waals surface area contributed by atoms with Crippen molar-refractivity contribution in [3.63, 3.8) is 0 Å². The summed E-state index contributed by atoms with van der Waals surface area (Å²) in [5, 5.41) is 0. The Hall–Kier alpha value is -3.42. The fourth-order valence-electron chi connectivity index (χ4n) is 3.22. The first-order chi connectivity index (χ1) is 13.1. The third-order valence-electron chi connectivity index (χ3n) is 4.54. The highest BCUT2D eigenvalue weighted by Gasteiger charge is 2.25. The Balaban J connectivity index is 2.21. The maximum atomic E-state index is 5.52. The lowest BCUT2D eigenvalue weighted by Gasteiger charge is -2.10. The first-order valence-corrected chi connectivity index (χ1v) is 8.26. The fraction of sp³-hybridized carbons (Fsp3) is 0.263. The van der Waals surface area contributed by atoms with Crippen LogP contribution in [0.3, 0.4) is 0 Å². The van der Waals surface area contributed by atoms with E-state index in [1.165, 1.54) is 0 Å². The molecule has 0 aliphatic rings. The maximum absolute atomic E-state index is 5.52. The van der Waals surface area contributed by atoms with E-state index in [1.807, 2.05) is 23.7 Å². The lowest BCUT2D eigenvalue weighted by Crippen LogP contribution is -2.32. The lowest BCUT2D eigenvalue weighted by molar-refractivity contribution is -0.620. The van der Waals surface area contributed by atoms with Crippen LogP contribution in [-0.2, 0) is 7.05 Å². The highest BCUT2D eigenvalue weighted by atomic mass is 16.5. The van der Waals surface area contributed by atoms with E-state index in [-0.39, 0.29) is 0 Å². The van der Waals surface area contributed by atoms with Crippen molar-refractivity contribution in [2.24, 2.45) is 7.05 Å². The standard InChI is InChI=1S/C19H19N4O4/c1-23-17-13(27-5)9-8-12(26-4)16(17)21-18-19(23)22-15-11(25-3)7-6-10(24-2)14(15)20-18/h6-9H,1-5H3/q+1. The van der Waals surface area contributed by atoms with Crippen molar-refractivity contribution in [3.8, 4) is 23.0 Å². The van der Waals surface area contributed by atoms with E-state index < -0.39 is 0 Å². The van der Waals surface area contributed by atoms with Gasteiger partial charge in [-0.25, -0.2) is 14.5 Å². The summed E-state index contributed by atoms with van der Waals surface area (Å²) in [5.41, 5.74) is 3.65. The van der Waals surface area contributed by atoms with Crippen LogP contribution >= 0.6 is 0 Å². The Kier molecular flexibility index (Phi) is 4.02. The SMILES string of the molecule is COc1ccc(OC)c2nc3c(nc12)nc1c(OC)ccc(OC)c1[n+]3C. The summed E-state index contributed by atoms with van der Waals surface area (Å²) in [7, 11) is 8.30. The second kappa shape index (κ2) is 6.39. The van der Waals surface area contributed by atoms with Gasteiger partial charge in [0.15, 0.2) is 28.0 Å². The van der Waals surface area contributed by atoms with Crippen LogP contribution in [0.15, 0.2) is 24.3 Å². The lowest BCUT2D eigenvalue weighted by atomic mass is 10.2. The van der Waals surface area contributed by atoms with Gasteiger partial charge in [-0.05, 0) is 29.2 Å². The molecule has 0 aliphatic heterocycles. The largest absolute Gasteiger partial charge is 0.494 e. The first-order valence-electron chi connectivity index (χ1n) is 8.26. The normalized spacial score (nSPS) is 11.1. The monoisotopic (exact) mass is 367 g/mol. The number of methoxy groups -OCH3 is 4. The number of rotatable bonds is 4. The molecular formula is C19H19N4O4+. The predicted molar refractivity (Wildman–Crippen MR) is 99.7 cm³/mol. The number of ether oxygens (including phenoxy) is 4. The quantitative estimate of drug-likeness (QED) is 0.404. The molecule has 0 spiro atoms. The van der Waals surface area contributed by atoms with Gasteiger partial charge in [0.2, 0.25) is 11.2 Å². The van der Waals surface area contributed by atoms with E-state index in [0.717, 1.165) is 5.52 Å². The molecule has 8 nitrogen and oxygen atoms in total. The Labute approximate surface area is 155 Å². The van der Waals surface area contributed by atoms with E-state index in [4.69, 9.17) is 33.9 Å². The molecule has 0 amide bonds. The molecule has 0 fully saturated rings. The van der Waals surface area contributed by atoms with Crippen LogP contribution in [0.25, 0.3) is 33.4 Å². The van der Waals surface area contributed by atoms with Gasteiger partial charge in [0, 0.05) is 0 Å². The van der Waals surface area contributed by atoms with Crippen molar-refractivity contribution in [1.29, 1.82) is 0 Å². The van der Waals surface area contributed by atoms with E-state index in [0.29, 0.717) is 50.8 Å². The molecule has 4 aromatic rings. The van der Waals surface area contributed by atoms with E-state index in [9.17, 15) is 0 Å². The molecule has 4 rings (SSSR count). The van der Waals surface area contributed by atoms with Gasteiger partial charge in [-0.15, -0.1) is 0 Å². The number of aromatic nitrogens is 4. The number of hydrogen-bond acceptors (Lipinski definition) is 7. The van der Waals surface area contributed by atoms with Crippen molar-refractivity contribution < 1.29 is 23.5 Å². The van der Waals surface area contributed by atoms with Crippen LogP contribution in [0.2, 0.25) is 0 Å². The number of hydrogen-bond donors (Lipinski definition) is 0. The van der Waals surface area contributed by atoms with Gasteiger partial charge < -0.3 is 18.9 Å². The van der Waals surface area contributed by atoms with Crippen LogP contribution in [0.4, 0.5) is 0 Å². The maximum Gasteiger partial charge on any atom is 0.369 e. The number of aryl methyl sites for hydroxylation is 1. The molecule has 8 heteroatoms. The summed E-state index contributed by atoms with van der Waals surface area (Å²) < 4.78 is 23.8. The summed E-state index contributed by atoms with van der Waals surface area (Å²) >= 11 is 0. The zero-order valence-electron chi connectivity index (χ0n) is 15.7. The van der Waals surface area contributed by atoms with Crippen molar-refractivity contribution in [2.75, 3.05) is 28.4 Å². The average molecular weight is 367 g/mol. The highest BCUT2D eigenvalue weighted by Crippen LogP contribution is 2.33. The molecule has 0 aliphatic carbocycles. The number of nitrogens with zero attached hydrogens (tertiary/aromatic N) is 4. The molecule has 0 saturated heterocycles. The minimum atomic E-state index is 0.468. The fourth-order valence-corrected chi connectivity index (χ4v) is 3.22. The predicted octanol–water partition coefficient (Wildman–Crippen LogP) is 2.19. The van der Waals surface area contributed by atoms with Crippen LogP contribution in [0, 0.1) is 0 Å². The molecule has 138 valence electrons. The zero-order valence-corrected chi connectivity index (χ0v) is 15.7. The molecule has 0 atom stereocenters. The van der Waals surface area contributed by atoms with Gasteiger partial charge in [0.25, 0.3) is 0 Å². The molecule has 0 saturated carbocycles. The third kappa shape index (κ3) is 2.44. The van der Waals surface area contributed by atoms with Crippen LogP contribution in [-0.4, -0.2) is 43.4 Å². The highest BCUT2D eigenvalue weighted by molar-refractivity contribution is 5.93. The van der Waals surface area contributed by atoms with Crippen LogP contribution in [0.1, 0.15) is 0 Å². The Morgan fingerprint density at radius 2 is 1.07 bits per heavy atom. The molecule has 2 aromatic heterocycles. The molecule has 0 N–H and O–H groups in total. The van der Waals surface area contributed by atoms with Gasteiger partial charge in [-0.1, -0.05) is 0 Å². The molecule has 2 heterocycles. The van der Waals surface area contributed by atoms with Crippen LogP contribution < -0.4 is 23.5 Å². The van der Waals surface area contributed by atoms with Crippen LogP contribution in [0.5, 0.6) is 23.0 Å². The number of fused-ring (bicyclic) bond motifs is 3. The molecule has 2 aromatic carbocycles. The van der Waals surface area contributed by atoms with E-state index >= 15 is 0 Å². The Morgan fingerprint density at radius 1 is 0.630 bits per heavy atom. The Morgan fingerprint density at radius 3 is 1.63 bits per heavy atom. The summed E-state index contributed by atoms with van der Waals surface area (Å²) in [6.45, 7) is 0. The number of benzene rings is 2. The van der Waals surface area contributed by atoms with E-state index in [1.54, 1.807) is 40.6 Å². The van der Waals surface area contributed by atoms with Gasteiger partial charge in [0.05, 0.1) is 35.5 Å². The van der Waals surface area contributed by atoms with Gasteiger partial charge >= 0.3 is 5.65 Å². The summed E-state index contributed by atoms with van der Waals surface area (Å²) in [4.78, 5) is 14.2. The minimum absolute atomic E-state index is 0.468. The minimum Gasteiger partial charge on any atom is -0.494 e. The molecular weight excluding hydrogens is 348 g/mol. The van der Waals surface area contributed by atoms with Gasteiger partial charge in [-0.2, -0.15) is 0 Å². The van der Waals surface area contributed by atoms with Crippen molar-refractivity contribution in [2.45, 2.75) is 0 Å². The van der Waals surface area contributed by atoms with Crippen molar-refractivity contribution >= 4 is 33.4 Å². The van der Waals surface area contributed by atoms with E-state index in [2.05, 4.69) is 0 Å². The third-order valence-corrected chi connectivity index (χ3v) is 4.54. The Bertz CT molecular complexity index is 1190. The second-order valence-corrected chi connectivity index (χ2v) is 5.88. The average Bonchev–Trinajstić information content (AvgIpc) is 2.71.